The van der Waals surface area contributed by atoms with Gasteiger partial charge in [-0.15, -0.1) is 0 Å². The molecule has 0 amide bonds. The zero-order valence-electron chi connectivity index (χ0n) is 22.3. The summed E-state index contributed by atoms with van der Waals surface area (Å²) in [7, 11) is 0. The highest BCUT2D eigenvalue weighted by molar-refractivity contribution is 5.94. The molecule has 1 saturated carbocycles. The molecular formula is C33H24F3N3O3. The Kier molecular flexibility index (Phi) is 7.13. The number of halogens is 3. The third-order valence-electron chi connectivity index (χ3n) is 7.67. The molecule has 0 aliphatic heterocycles. The number of rotatable bonds is 8. The lowest BCUT2D eigenvalue weighted by Crippen LogP contribution is -2.19. The first kappa shape index (κ1) is 27.1. The first-order valence-electron chi connectivity index (χ1n) is 13.4. The zero-order valence-corrected chi connectivity index (χ0v) is 22.3. The number of hydrogen-bond acceptors (Lipinski definition) is 4. The van der Waals surface area contributed by atoms with E-state index in [0.29, 0.717) is 0 Å². The van der Waals surface area contributed by atoms with E-state index in [9.17, 15) is 14.3 Å². The van der Waals surface area contributed by atoms with Crippen molar-refractivity contribution in [3.05, 3.63) is 118 Å². The van der Waals surface area contributed by atoms with E-state index in [1.807, 2.05) is 12.1 Å². The van der Waals surface area contributed by atoms with Gasteiger partial charge in [-0.2, -0.15) is 5.26 Å². The van der Waals surface area contributed by atoms with Crippen molar-refractivity contribution in [3.8, 4) is 23.2 Å². The molecular weight excluding hydrogens is 543 g/mol. The zero-order chi connectivity index (χ0) is 29.4. The Labute approximate surface area is 239 Å². The summed E-state index contributed by atoms with van der Waals surface area (Å²) in [6, 6.07) is 19.8. The lowest BCUT2D eigenvalue weighted by atomic mass is 9.92. The highest BCUT2D eigenvalue weighted by Gasteiger charge is 2.25. The molecule has 6 rings (SSSR count). The minimum absolute atomic E-state index is 0.0445. The SMILES string of the molecule is N#Cc1ccc(COc2cccc(-c3cc(F)c(Cc4cc5ccc(C(=O)O)cc5n4C4CCC4)cc3F)n2)c(F)c1. The van der Waals surface area contributed by atoms with E-state index in [4.69, 9.17) is 10.00 Å². The van der Waals surface area contributed by atoms with Gasteiger partial charge in [0.2, 0.25) is 5.88 Å². The van der Waals surface area contributed by atoms with Crippen LogP contribution in [-0.4, -0.2) is 20.6 Å². The maximum absolute atomic E-state index is 15.5. The number of nitriles is 1. The number of hydrogen-bond donors (Lipinski definition) is 1. The van der Waals surface area contributed by atoms with Gasteiger partial charge in [0.05, 0.1) is 22.9 Å². The third kappa shape index (κ3) is 5.19. The predicted octanol–water partition coefficient (Wildman–Crippen LogP) is 7.59. The van der Waals surface area contributed by atoms with Gasteiger partial charge in [-0.05, 0) is 78.7 Å². The minimum atomic E-state index is -1.02. The number of aromatic carboxylic acids is 1. The monoisotopic (exact) mass is 567 g/mol. The van der Waals surface area contributed by atoms with Crippen LogP contribution in [0.2, 0.25) is 0 Å². The smallest absolute Gasteiger partial charge is 0.335 e. The van der Waals surface area contributed by atoms with Crippen LogP contribution in [0.3, 0.4) is 0 Å². The molecule has 0 atom stereocenters. The Morgan fingerprint density at radius 1 is 0.976 bits per heavy atom. The second-order valence-corrected chi connectivity index (χ2v) is 10.3. The van der Waals surface area contributed by atoms with E-state index in [1.165, 1.54) is 24.3 Å². The highest BCUT2D eigenvalue weighted by Crippen LogP contribution is 2.38. The van der Waals surface area contributed by atoms with Crippen LogP contribution in [0.1, 0.15) is 58.0 Å². The summed E-state index contributed by atoms with van der Waals surface area (Å²) in [6.07, 6.45) is 3.05. The summed E-state index contributed by atoms with van der Waals surface area (Å²) < 4.78 is 52.7. The first-order chi connectivity index (χ1) is 20.3. The summed E-state index contributed by atoms with van der Waals surface area (Å²) in [5, 5.41) is 19.2. The van der Waals surface area contributed by atoms with E-state index < -0.39 is 23.4 Å². The predicted molar refractivity (Wildman–Crippen MR) is 150 cm³/mol. The van der Waals surface area contributed by atoms with Crippen LogP contribution >= 0.6 is 0 Å². The number of aromatic nitrogens is 2. The van der Waals surface area contributed by atoms with E-state index in [-0.39, 0.29) is 58.5 Å². The number of carboxylic acid groups (broad SMARTS) is 1. The highest BCUT2D eigenvalue weighted by atomic mass is 19.1. The molecule has 0 radical (unpaired) electrons. The van der Waals surface area contributed by atoms with Crippen LogP contribution in [-0.2, 0) is 13.0 Å². The molecule has 2 aromatic heterocycles. The van der Waals surface area contributed by atoms with Gasteiger partial charge in [0, 0.05) is 40.9 Å². The standard InChI is InChI=1S/C33H24F3N3O3/c34-27-11-19(17-37)7-8-22(27)18-42-32-6-2-5-30(38-32)26-16-28(35)23(14-29(26)36)13-25-12-20-9-10-21(33(40)41)15-31(20)39(25)24-3-1-4-24/h2,5-12,14-16,24H,1,3-4,13,18H2,(H,40,41). The fourth-order valence-electron chi connectivity index (χ4n) is 5.27. The van der Waals surface area contributed by atoms with Crippen LogP contribution in [0.25, 0.3) is 22.2 Å². The molecule has 42 heavy (non-hydrogen) atoms. The van der Waals surface area contributed by atoms with Crippen molar-refractivity contribution in [2.45, 2.75) is 38.3 Å². The summed E-state index contributed by atoms with van der Waals surface area (Å²) in [6.45, 7) is -0.160. The molecule has 0 unspecified atom stereocenters. The van der Waals surface area contributed by atoms with Crippen molar-refractivity contribution >= 4 is 16.9 Å². The van der Waals surface area contributed by atoms with E-state index in [2.05, 4.69) is 9.55 Å². The molecule has 0 spiro atoms. The maximum atomic E-state index is 15.5. The molecule has 6 nitrogen and oxygen atoms in total. The van der Waals surface area contributed by atoms with E-state index >= 15 is 8.78 Å². The van der Waals surface area contributed by atoms with Gasteiger partial charge in [-0.1, -0.05) is 18.2 Å². The average molecular weight is 568 g/mol. The van der Waals surface area contributed by atoms with Gasteiger partial charge in [-0.3, -0.25) is 0 Å². The number of carboxylic acids is 1. The molecule has 0 saturated heterocycles. The third-order valence-corrected chi connectivity index (χ3v) is 7.67. The Morgan fingerprint density at radius 3 is 2.50 bits per heavy atom. The summed E-state index contributed by atoms with van der Waals surface area (Å²) >= 11 is 0. The lowest BCUT2D eigenvalue weighted by Gasteiger charge is -2.30. The summed E-state index contributed by atoms with van der Waals surface area (Å²) in [5.74, 6) is -2.77. The fourth-order valence-corrected chi connectivity index (χ4v) is 5.27. The van der Waals surface area contributed by atoms with Crippen LogP contribution in [0.15, 0.2) is 72.8 Å². The molecule has 2 heterocycles. The molecule has 210 valence electrons. The second-order valence-electron chi connectivity index (χ2n) is 10.3. The largest absolute Gasteiger partial charge is 0.478 e. The molecule has 1 aliphatic rings. The Morgan fingerprint density at radius 2 is 1.79 bits per heavy atom. The lowest BCUT2D eigenvalue weighted by molar-refractivity contribution is 0.0697. The second kappa shape index (κ2) is 11.1. The van der Waals surface area contributed by atoms with Crippen molar-refractivity contribution in [1.29, 1.82) is 5.26 Å². The molecule has 9 heteroatoms. The number of benzene rings is 3. The van der Waals surface area contributed by atoms with Gasteiger partial charge in [0.15, 0.2) is 0 Å². The number of nitrogens with zero attached hydrogens (tertiary/aromatic N) is 3. The van der Waals surface area contributed by atoms with E-state index in [1.54, 1.807) is 24.3 Å². The van der Waals surface area contributed by atoms with Crippen LogP contribution in [0.5, 0.6) is 5.88 Å². The van der Waals surface area contributed by atoms with Crippen molar-refractivity contribution in [1.82, 2.24) is 9.55 Å². The fraction of sp³-hybridized carbons (Fsp3) is 0.182. The van der Waals surface area contributed by atoms with Crippen LogP contribution < -0.4 is 4.74 Å². The number of pyridine rings is 1. The normalized spacial score (nSPS) is 13.1. The quantitative estimate of drug-likeness (QED) is 0.209. The Balaban J connectivity index is 1.27. The molecule has 5 aromatic rings. The topological polar surface area (TPSA) is 88.1 Å². The molecule has 0 bridgehead atoms. The number of carbonyl (C=O) groups is 1. The van der Waals surface area contributed by atoms with Gasteiger partial charge in [-0.25, -0.2) is 22.9 Å². The van der Waals surface area contributed by atoms with Crippen molar-refractivity contribution in [2.75, 3.05) is 0 Å². The molecule has 1 aliphatic carbocycles. The van der Waals surface area contributed by atoms with Gasteiger partial charge in [0.1, 0.15) is 24.1 Å². The van der Waals surface area contributed by atoms with Crippen molar-refractivity contribution in [3.63, 3.8) is 0 Å². The number of fused-ring (bicyclic) bond motifs is 1. The Bertz CT molecular complexity index is 1890. The molecule has 1 N–H and O–H groups in total. The molecule has 1 fully saturated rings. The minimum Gasteiger partial charge on any atom is -0.478 e. The van der Waals surface area contributed by atoms with Crippen molar-refractivity contribution in [2.24, 2.45) is 0 Å². The van der Waals surface area contributed by atoms with Gasteiger partial charge < -0.3 is 14.4 Å². The first-order valence-corrected chi connectivity index (χ1v) is 13.4. The molecule has 3 aromatic carbocycles. The number of ether oxygens (including phenoxy) is 1. The Hall–Kier alpha value is -5.10. The van der Waals surface area contributed by atoms with Gasteiger partial charge >= 0.3 is 5.97 Å². The summed E-state index contributed by atoms with van der Waals surface area (Å²) in [5.41, 5.74) is 2.42. The maximum Gasteiger partial charge on any atom is 0.335 e. The van der Waals surface area contributed by atoms with Crippen LogP contribution in [0, 0.1) is 28.8 Å². The van der Waals surface area contributed by atoms with Crippen molar-refractivity contribution < 1.29 is 27.8 Å². The average Bonchev–Trinajstić information content (AvgIpc) is 3.30. The van der Waals surface area contributed by atoms with E-state index in [0.717, 1.165) is 54.1 Å². The van der Waals surface area contributed by atoms with Crippen LogP contribution in [0.4, 0.5) is 13.2 Å². The van der Waals surface area contributed by atoms with Gasteiger partial charge in [0.25, 0.3) is 0 Å². The summed E-state index contributed by atoms with van der Waals surface area (Å²) in [4.78, 5) is 15.8.